The number of ketones is 1. The van der Waals surface area contributed by atoms with Crippen LogP contribution in [0, 0.1) is 12.1 Å². The van der Waals surface area contributed by atoms with Crippen molar-refractivity contribution >= 4 is 17.1 Å². The Balaban J connectivity index is 1.79. The number of Topliss-reactive ketones (excluding diaryl/α,β-unsaturated/α-hetero) is 1. The molecule has 0 saturated carbocycles. The summed E-state index contributed by atoms with van der Waals surface area (Å²) in [5.74, 6) is 0.406. The Morgan fingerprint density at radius 3 is 2.92 bits per heavy atom. The van der Waals surface area contributed by atoms with Crippen LogP contribution in [0.4, 0.5) is 0 Å². The van der Waals surface area contributed by atoms with Crippen LogP contribution < -0.4 is 15.0 Å². The predicted octanol–water partition coefficient (Wildman–Crippen LogP) is 2.06. The van der Waals surface area contributed by atoms with E-state index in [1.54, 1.807) is 25.3 Å². The third-order valence-electron chi connectivity index (χ3n) is 3.85. The molecule has 0 unspecified atom stereocenters. The zero-order chi connectivity index (χ0) is 18.7. The fourth-order valence-electron chi connectivity index (χ4n) is 2.51. The highest BCUT2D eigenvalue weighted by molar-refractivity contribution is 7.16. The molecule has 0 radical (unpaired) electrons. The van der Waals surface area contributed by atoms with Crippen molar-refractivity contribution in [2.24, 2.45) is 0 Å². The summed E-state index contributed by atoms with van der Waals surface area (Å²) in [5.41, 5.74) is 1.11. The van der Waals surface area contributed by atoms with Gasteiger partial charge in [-0.25, -0.2) is 4.98 Å². The first-order chi connectivity index (χ1) is 12.5. The van der Waals surface area contributed by atoms with Crippen molar-refractivity contribution < 1.29 is 14.3 Å². The first-order valence-corrected chi connectivity index (χ1v) is 8.75. The maximum absolute atomic E-state index is 12.5. The van der Waals surface area contributed by atoms with Gasteiger partial charge < -0.3 is 9.94 Å². The van der Waals surface area contributed by atoms with Crippen LogP contribution in [-0.4, -0.2) is 22.4 Å². The number of methoxy groups -OCH3 is 1. The third-order valence-corrected chi connectivity index (χ3v) is 5.05. The Morgan fingerprint density at radius 2 is 2.23 bits per heavy atom. The molecule has 26 heavy (non-hydrogen) atoms. The normalized spacial score (nSPS) is 10.7. The number of aromatic nitrogens is 3. The van der Waals surface area contributed by atoms with Crippen molar-refractivity contribution in [2.45, 2.75) is 19.8 Å². The molecule has 3 aromatic heterocycles. The average molecular weight is 371 g/mol. The van der Waals surface area contributed by atoms with Crippen LogP contribution in [0.3, 0.4) is 0 Å². The van der Waals surface area contributed by atoms with E-state index in [-0.39, 0.29) is 17.8 Å². The van der Waals surface area contributed by atoms with E-state index in [4.69, 9.17) is 4.74 Å². The van der Waals surface area contributed by atoms with Crippen molar-refractivity contribution in [3.8, 4) is 10.9 Å². The molecule has 0 aliphatic heterocycles. The minimum atomic E-state index is -0.276. The summed E-state index contributed by atoms with van der Waals surface area (Å²) in [6, 6.07) is 6.49. The second kappa shape index (κ2) is 7.49. The molecule has 0 aliphatic rings. The molecule has 0 aliphatic carbocycles. The second-order valence-electron chi connectivity index (χ2n) is 5.68. The number of hydrogen-bond acceptors (Lipinski definition) is 6. The molecule has 0 bridgehead atoms. The molecule has 0 atom stereocenters. The van der Waals surface area contributed by atoms with Crippen molar-refractivity contribution in [3.05, 3.63) is 74.6 Å². The highest BCUT2D eigenvalue weighted by Gasteiger charge is 2.17. The van der Waals surface area contributed by atoms with Crippen LogP contribution in [0.25, 0.3) is 5.13 Å². The summed E-state index contributed by atoms with van der Waals surface area (Å²) < 4.78 is 7.12. The molecule has 3 heterocycles. The van der Waals surface area contributed by atoms with Gasteiger partial charge in [0, 0.05) is 30.3 Å². The highest BCUT2D eigenvalue weighted by atomic mass is 32.1. The van der Waals surface area contributed by atoms with Crippen LogP contribution in [0.5, 0.6) is 5.75 Å². The van der Waals surface area contributed by atoms with E-state index in [0.29, 0.717) is 32.6 Å². The van der Waals surface area contributed by atoms with Gasteiger partial charge in [0.25, 0.3) is 5.56 Å². The Labute approximate surface area is 153 Å². The number of ether oxygens (including phenoxy) is 1. The zero-order valence-electron chi connectivity index (χ0n) is 14.3. The smallest absolute Gasteiger partial charge is 0.260 e. The number of thiazole rings is 1. The summed E-state index contributed by atoms with van der Waals surface area (Å²) in [7, 11) is 1.49. The minimum absolute atomic E-state index is 0.0610. The van der Waals surface area contributed by atoms with Gasteiger partial charge in [-0.3, -0.25) is 14.2 Å². The average Bonchev–Trinajstić information content (AvgIpc) is 3.01. The molecule has 0 saturated heterocycles. The van der Waals surface area contributed by atoms with Gasteiger partial charge in [0.2, 0.25) is 0 Å². The number of nitrogens with zero attached hydrogens (tertiary/aromatic N) is 3. The van der Waals surface area contributed by atoms with Gasteiger partial charge in [0.1, 0.15) is 5.75 Å². The standard InChI is InChI=1S/C18H17N3O4S/c1-12-17(15(22)6-5-13-4-3-8-20(24)11-13)26-18(19-12)21-9-7-14(25-2)10-16(21)23/h3-4,7-11H,5-6H2,1-2H3. The maximum atomic E-state index is 12.5. The molecule has 0 aromatic carbocycles. The van der Waals surface area contributed by atoms with Crippen LogP contribution in [0.2, 0.25) is 0 Å². The SMILES string of the molecule is COc1ccn(-c2nc(C)c(C(=O)CCc3ccc[n+]([O-])c3)s2)c(=O)c1. The van der Waals surface area contributed by atoms with E-state index in [1.807, 2.05) is 6.07 Å². The lowest BCUT2D eigenvalue weighted by Gasteiger charge is -2.02. The van der Waals surface area contributed by atoms with Gasteiger partial charge in [-0.15, -0.1) is 0 Å². The number of aryl methyl sites for hydroxylation is 2. The van der Waals surface area contributed by atoms with Gasteiger partial charge in [0.15, 0.2) is 23.3 Å². The lowest BCUT2D eigenvalue weighted by molar-refractivity contribution is -0.605. The summed E-state index contributed by atoms with van der Waals surface area (Å²) in [5, 5.41) is 11.7. The predicted molar refractivity (Wildman–Crippen MR) is 97.1 cm³/mol. The van der Waals surface area contributed by atoms with Crippen LogP contribution >= 0.6 is 11.3 Å². The molecule has 134 valence electrons. The maximum Gasteiger partial charge on any atom is 0.260 e. The van der Waals surface area contributed by atoms with E-state index in [2.05, 4.69) is 4.98 Å². The Bertz CT molecular complexity index is 1010. The molecular weight excluding hydrogens is 354 g/mol. The summed E-state index contributed by atoms with van der Waals surface area (Å²) in [6.45, 7) is 1.75. The summed E-state index contributed by atoms with van der Waals surface area (Å²) in [6.07, 6.45) is 5.17. The quantitative estimate of drug-likeness (QED) is 0.376. The number of carbonyl (C=O) groups excluding carboxylic acids is 1. The van der Waals surface area contributed by atoms with E-state index >= 15 is 0 Å². The Hall–Kier alpha value is -3.00. The fourth-order valence-corrected chi connectivity index (χ4v) is 3.53. The Kier molecular flexibility index (Phi) is 5.13. The van der Waals surface area contributed by atoms with Gasteiger partial charge >= 0.3 is 0 Å². The number of rotatable bonds is 6. The second-order valence-corrected chi connectivity index (χ2v) is 6.66. The van der Waals surface area contributed by atoms with Gasteiger partial charge in [-0.2, -0.15) is 4.73 Å². The topological polar surface area (TPSA) is 88.1 Å². The zero-order valence-corrected chi connectivity index (χ0v) is 15.2. The monoisotopic (exact) mass is 371 g/mol. The first kappa shape index (κ1) is 17.8. The van der Waals surface area contributed by atoms with Crippen LogP contribution in [0.1, 0.15) is 27.3 Å². The fraction of sp³-hybridized carbons (Fsp3) is 0.222. The first-order valence-electron chi connectivity index (χ1n) is 7.93. The lowest BCUT2D eigenvalue weighted by atomic mass is 10.1. The molecule has 3 rings (SSSR count). The van der Waals surface area contributed by atoms with Crippen molar-refractivity contribution in [1.29, 1.82) is 0 Å². The number of hydrogen-bond donors (Lipinski definition) is 0. The summed E-state index contributed by atoms with van der Waals surface area (Å²) in [4.78, 5) is 29.6. The van der Waals surface area contributed by atoms with Crippen LogP contribution in [0.15, 0.2) is 47.7 Å². The third kappa shape index (κ3) is 3.80. The van der Waals surface area contributed by atoms with Gasteiger partial charge in [-0.1, -0.05) is 11.3 Å². The largest absolute Gasteiger partial charge is 0.619 e. The Morgan fingerprint density at radius 1 is 1.42 bits per heavy atom. The van der Waals surface area contributed by atoms with Gasteiger partial charge in [0.05, 0.1) is 17.7 Å². The molecule has 0 fully saturated rings. The molecule has 3 aromatic rings. The van der Waals surface area contributed by atoms with E-state index in [9.17, 15) is 14.8 Å². The van der Waals surface area contributed by atoms with Crippen molar-refractivity contribution in [3.63, 3.8) is 0 Å². The van der Waals surface area contributed by atoms with E-state index in [1.165, 1.54) is 41.5 Å². The van der Waals surface area contributed by atoms with Crippen LogP contribution in [-0.2, 0) is 6.42 Å². The minimum Gasteiger partial charge on any atom is -0.619 e. The highest BCUT2D eigenvalue weighted by Crippen LogP contribution is 2.23. The number of carbonyl (C=O) groups is 1. The lowest BCUT2D eigenvalue weighted by Crippen LogP contribution is -2.24. The van der Waals surface area contributed by atoms with Crippen molar-refractivity contribution in [1.82, 2.24) is 9.55 Å². The molecule has 0 spiro atoms. The van der Waals surface area contributed by atoms with Gasteiger partial charge in [-0.05, 0) is 25.5 Å². The molecule has 8 heteroatoms. The van der Waals surface area contributed by atoms with E-state index in [0.717, 1.165) is 5.56 Å². The van der Waals surface area contributed by atoms with E-state index < -0.39 is 0 Å². The molecule has 0 N–H and O–H groups in total. The molecule has 7 nitrogen and oxygen atoms in total. The molecule has 0 amide bonds. The molecular formula is C18H17N3O4S. The number of pyridine rings is 2. The van der Waals surface area contributed by atoms with Crippen molar-refractivity contribution in [2.75, 3.05) is 7.11 Å². The summed E-state index contributed by atoms with van der Waals surface area (Å²) >= 11 is 1.18.